The molecule has 0 aliphatic heterocycles. The number of furan rings is 1. The van der Waals surface area contributed by atoms with Crippen molar-refractivity contribution in [3.63, 3.8) is 0 Å². The molecule has 1 aromatic carbocycles. The summed E-state index contributed by atoms with van der Waals surface area (Å²) in [5.74, 6) is 0.844. The molecular formula is C12H13ClN2O4S. The fraction of sp³-hybridized carbons (Fsp3) is 0.167. The van der Waals surface area contributed by atoms with E-state index in [1.165, 1.54) is 31.4 Å². The molecule has 0 atom stereocenters. The van der Waals surface area contributed by atoms with Crippen molar-refractivity contribution in [2.45, 2.75) is 11.6 Å². The first-order chi connectivity index (χ1) is 9.46. The van der Waals surface area contributed by atoms with Crippen LogP contribution < -0.4 is 15.2 Å². The molecule has 0 fully saturated rings. The average molecular weight is 317 g/mol. The Morgan fingerprint density at radius 3 is 2.65 bits per heavy atom. The van der Waals surface area contributed by atoms with E-state index in [0.29, 0.717) is 22.2 Å². The summed E-state index contributed by atoms with van der Waals surface area (Å²) in [6.07, 6.45) is 0. The topological polar surface area (TPSA) is 94.6 Å². The van der Waals surface area contributed by atoms with Crippen molar-refractivity contribution in [2.24, 2.45) is 5.73 Å². The van der Waals surface area contributed by atoms with E-state index in [1.54, 1.807) is 6.07 Å². The van der Waals surface area contributed by atoms with Crippen molar-refractivity contribution < 1.29 is 17.6 Å². The van der Waals surface area contributed by atoms with Gasteiger partial charge in [0.1, 0.15) is 11.5 Å². The van der Waals surface area contributed by atoms with E-state index in [2.05, 4.69) is 4.72 Å². The highest BCUT2D eigenvalue weighted by atomic mass is 35.5. The van der Waals surface area contributed by atoms with Gasteiger partial charge in [-0.05, 0) is 30.3 Å². The Bertz CT molecular complexity index is 712. The fourth-order valence-corrected chi connectivity index (χ4v) is 2.81. The summed E-state index contributed by atoms with van der Waals surface area (Å²) in [6, 6.07) is 7.40. The van der Waals surface area contributed by atoms with Crippen molar-refractivity contribution >= 4 is 27.3 Å². The molecule has 0 radical (unpaired) electrons. The molecule has 0 aliphatic rings. The average Bonchev–Trinajstić information content (AvgIpc) is 2.88. The lowest BCUT2D eigenvalue weighted by atomic mass is 10.3. The summed E-state index contributed by atoms with van der Waals surface area (Å²) in [7, 11) is -2.34. The smallest absolute Gasteiger partial charge is 0.295 e. The first-order valence-electron chi connectivity index (χ1n) is 5.61. The van der Waals surface area contributed by atoms with Crippen molar-refractivity contribution in [1.82, 2.24) is 0 Å². The van der Waals surface area contributed by atoms with Crippen molar-refractivity contribution in [3.8, 4) is 5.75 Å². The summed E-state index contributed by atoms with van der Waals surface area (Å²) in [4.78, 5) is 0. The quantitative estimate of drug-likeness (QED) is 0.881. The number of hydrogen-bond donors (Lipinski definition) is 2. The van der Waals surface area contributed by atoms with E-state index in [-0.39, 0.29) is 11.6 Å². The van der Waals surface area contributed by atoms with Crippen LogP contribution in [0.4, 0.5) is 5.69 Å². The summed E-state index contributed by atoms with van der Waals surface area (Å²) in [5, 5.41) is 0.0969. The highest BCUT2D eigenvalue weighted by Crippen LogP contribution is 2.28. The van der Waals surface area contributed by atoms with Crippen molar-refractivity contribution in [1.29, 1.82) is 0 Å². The third-order valence-electron chi connectivity index (χ3n) is 2.51. The molecule has 2 rings (SSSR count). The predicted molar refractivity (Wildman–Crippen MR) is 75.4 cm³/mol. The number of nitrogens with one attached hydrogen (secondary N) is 1. The van der Waals surface area contributed by atoms with E-state index in [1.807, 2.05) is 0 Å². The first-order valence-corrected chi connectivity index (χ1v) is 7.47. The number of sulfonamides is 1. The van der Waals surface area contributed by atoms with E-state index >= 15 is 0 Å². The molecule has 0 saturated heterocycles. The molecule has 0 amide bonds. The van der Waals surface area contributed by atoms with E-state index in [9.17, 15) is 8.42 Å². The highest BCUT2D eigenvalue weighted by Gasteiger charge is 2.19. The monoisotopic (exact) mass is 316 g/mol. The molecule has 3 N–H and O–H groups in total. The van der Waals surface area contributed by atoms with Gasteiger partial charge in [0.25, 0.3) is 10.0 Å². The van der Waals surface area contributed by atoms with Gasteiger partial charge in [-0.1, -0.05) is 11.6 Å². The molecule has 1 heterocycles. The van der Waals surface area contributed by atoms with Gasteiger partial charge < -0.3 is 14.9 Å². The van der Waals surface area contributed by atoms with E-state index < -0.39 is 10.0 Å². The molecule has 8 heteroatoms. The molecule has 0 saturated carbocycles. The second-order valence-electron chi connectivity index (χ2n) is 3.88. The molecule has 0 aliphatic carbocycles. The second-order valence-corrected chi connectivity index (χ2v) is 5.90. The number of benzene rings is 1. The molecule has 108 valence electrons. The maximum atomic E-state index is 12.1. The number of ether oxygens (including phenoxy) is 1. The van der Waals surface area contributed by atoms with Gasteiger partial charge in [0, 0.05) is 0 Å². The Morgan fingerprint density at radius 1 is 1.35 bits per heavy atom. The van der Waals surface area contributed by atoms with Crippen LogP contribution in [0, 0.1) is 0 Å². The van der Waals surface area contributed by atoms with Crippen LogP contribution in [0.5, 0.6) is 5.75 Å². The fourth-order valence-electron chi connectivity index (χ4n) is 1.55. The zero-order valence-corrected chi connectivity index (χ0v) is 12.2. The van der Waals surface area contributed by atoms with Crippen molar-refractivity contribution in [3.05, 3.63) is 41.1 Å². The van der Waals surface area contributed by atoms with Gasteiger partial charge >= 0.3 is 0 Å². The lowest BCUT2D eigenvalue weighted by molar-refractivity contribution is 0.415. The van der Waals surface area contributed by atoms with Crippen LogP contribution in [-0.2, 0) is 16.6 Å². The molecule has 0 spiro atoms. The number of hydrogen-bond acceptors (Lipinski definition) is 5. The lowest BCUT2D eigenvalue weighted by Crippen LogP contribution is -2.12. The van der Waals surface area contributed by atoms with Crippen LogP contribution in [0.2, 0.25) is 5.02 Å². The van der Waals surface area contributed by atoms with Gasteiger partial charge in [-0.2, -0.15) is 8.42 Å². The maximum Gasteiger partial charge on any atom is 0.295 e. The first kappa shape index (κ1) is 14.7. The molecule has 0 unspecified atom stereocenters. The third kappa shape index (κ3) is 3.06. The number of halogens is 1. The van der Waals surface area contributed by atoms with Crippen LogP contribution in [0.15, 0.2) is 39.8 Å². The molecule has 6 nitrogen and oxygen atoms in total. The zero-order valence-electron chi connectivity index (χ0n) is 10.6. The SMILES string of the molecule is COc1ccc(NS(=O)(=O)c2ccc(CN)o2)cc1Cl. The predicted octanol–water partition coefficient (Wildman–Crippen LogP) is 2.20. The van der Waals surface area contributed by atoms with Crippen LogP contribution in [-0.4, -0.2) is 15.5 Å². The van der Waals surface area contributed by atoms with Gasteiger partial charge in [-0.3, -0.25) is 4.72 Å². The lowest BCUT2D eigenvalue weighted by Gasteiger charge is -2.08. The third-order valence-corrected chi connectivity index (χ3v) is 4.06. The van der Waals surface area contributed by atoms with Crippen LogP contribution in [0.1, 0.15) is 5.76 Å². The Balaban J connectivity index is 2.26. The summed E-state index contributed by atoms with van der Waals surface area (Å²) >= 11 is 5.93. The molecule has 20 heavy (non-hydrogen) atoms. The van der Waals surface area contributed by atoms with E-state index in [0.717, 1.165) is 0 Å². The number of methoxy groups -OCH3 is 1. The standard InChI is InChI=1S/C12H13ClN2O4S/c1-18-11-4-2-8(6-10(11)13)15-20(16,17)12-5-3-9(7-14)19-12/h2-6,15H,7,14H2,1H3. The summed E-state index contributed by atoms with van der Waals surface area (Å²) in [6.45, 7) is 0.129. The summed E-state index contributed by atoms with van der Waals surface area (Å²) < 4.78 is 36.6. The Morgan fingerprint density at radius 2 is 2.10 bits per heavy atom. The normalized spacial score (nSPS) is 11.3. The minimum Gasteiger partial charge on any atom is -0.495 e. The number of nitrogens with two attached hydrogens (primary N) is 1. The zero-order chi connectivity index (χ0) is 14.8. The second kappa shape index (κ2) is 5.74. The molecule has 0 bridgehead atoms. The minimum absolute atomic E-state index is 0.129. The number of anilines is 1. The van der Waals surface area contributed by atoms with Crippen LogP contribution >= 0.6 is 11.6 Å². The van der Waals surface area contributed by atoms with Gasteiger partial charge in [0.2, 0.25) is 5.09 Å². The largest absolute Gasteiger partial charge is 0.495 e. The molecular weight excluding hydrogens is 304 g/mol. The Labute approximate surface area is 121 Å². The van der Waals surface area contributed by atoms with Gasteiger partial charge in [0.05, 0.1) is 24.4 Å². The highest BCUT2D eigenvalue weighted by molar-refractivity contribution is 7.92. The minimum atomic E-state index is -3.81. The van der Waals surface area contributed by atoms with Crippen LogP contribution in [0.25, 0.3) is 0 Å². The number of rotatable bonds is 5. The van der Waals surface area contributed by atoms with Gasteiger partial charge in [-0.15, -0.1) is 0 Å². The van der Waals surface area contributed by atoms with Crippen LogP contribution in [0.3, 0.4) is 0 Å². The summed E-state index contributed by atoms with van der Waals surface area (Å²) in [5.41, 5.74) is 5.68. The molecule has 2 aromatic rings. The van der Waals surface area contributed by atoms with E-state index in [4.69, 9.17) is 26.5 Å². The Kier molecular flexibility index (Phi) is 4.22. The van der Waals surface area contributed by atoms with Gasteiger partial charge in [-0.25, -0.2) is 0 Å². The van der Waals surface area contributed by atoms with Gasteiger partial charge in [0.15, 0.2) is 0 Å². The molecule has 1 aromatic heterocycles. The maximum absolute atomic E-state index is 12.1. The Hall–Kier alpha value is -1.70. The van der Waals surface area contributed by atoms with Crippen molar-refractivity contribution in [2.75, 3.05) is 11.8 Å².